The van der Waals surface area contributed by atoms with E-state index < -0.39 is 0 Å². The number of furan rings is 1. The van der Waals surface area contributed by atoms with Crippen molar-refractivity contribution in [2.24, 2.45) is 5.92 Å². The normalized spacial score (nSPS) is 10.9. The minimum absolute atomic E-state index is 0.0411. The number of anilines is 2. The summed E-state index contributed by atoms with van der Waals surface area (Å²) in [5.74, 6) is 0.770. The van der Waals surface area contributed by atoms with Crippen molar-refractivity contribution in [3.63, 3.8) is 0 Å². The Morgan fingerprint density at radius 3 is 2.24 bits per heavy atom. The SMILES string of the molecule is CCc1oc2ccccc2c1CN(C)C(=O)Nc1ccc(NC(=O)C(C)C)cc1. The van der Waals surface area contributed by atoms with Crippen LogP contribution in [0.15, 0.2) is 52.9 Å². The van der Waals surface area contributed by atoms with Gasteiger partial charge in [0, 0.05) is 41.7 Å². The fourth-order valence-electron chi connectivity index (χ4n) is 3.06. The first-order valence-corrected chi connectivity index (χ1v) is 9.81. The van der Waals surface area contributed by atoms with Gasteiger partial charge in [-0.05, 0) is 30.3 Å². The second kappa shape index (κ2) is 8.82. The minimum atomic E-state index is -0.212. The lowest BCUT2D eigenvalue weighted by Crippen LogP contribution is -2.31. The Labute approximate surface area is 170 Å². The van der Waals surface area contributed by atoms with Crippen LogP contribution in [0.4, 0.5) is 16.2 Å². The summed E-state index contributed by atoms with van der Waals surface area (Å²) < 4.78 is 5.92. The van der Waals surface area contributed by atoms with Crippen molar-refractivity contribution < 1.29 is 14.0 Å². The van der Waals surface area contributed by atoms with Gasteiger partial charge in [-0.3, -0.25) is 4.79 Å². The topological polar surface area (TPSA) is 74.6 Å². The number of carbonyl (C=O) groups is 2. The Hall–Kier alpha value is -3.28. The van der Waals surface area contributed by atoms with E-state index in [4.69, 9.17) is 4.42 Å². The molecule has 0 saturated heterocycles. The number of hydrogen-bond acceptors (Lipinski definition) is 3. The number of carbonyl (C=O) groups excluding carboxylic acids is 2. The monoisotopic (exact) mass is 393 g/mol. The summed E-state index contributed by atoms with van der Waals surface area (Å²) >= 11 is 0. The Balaban J connectivity index is 1.66. The van der Waals surface area contributed by atoms with Crippen LogP contribution in [0, 0.1) is 5.92 Å². The van der Waals surface area contributed by atoms with Crippen molar-refractivity contribution in [2.45, 2.75) is 33.7 Å². The molecule has 0 spiro atoms. The summed E-state index contributed by atoms with van der Waals surface area (Å²) in [5, 5.41) is 6.75. The van der Waals surface area contributed by atoms with E-state index in [0.717, 1.165) is 28.7 Å². The van der Waals surface area contributed by atoms with Crippen LogP contribution in [0.2, 0.25) is 0 Å². The van der Waals surface area contributed by atoms with Crippen molar-refractivity contribution in [1.29, 1.82) is 0 Å². The highest BCUT2D eigenvalue weighted by Crippen LogP contribution is 2.27. The van der Waals surface area contributed by atoms with Crippen LogP contribution < -0.4 is 10.6 Å². The molecule has 0 saturated carbocycles. The summed E-state index contributed by atoms with van der Waals surface area (Å²) in [7, 11) is 1.76. The molecule has 3 amide bonds. The van der Waals surface area contributed by atoms with E-state index in [1.54, 1.807) is 36.2 Å². The van der Waals surface area contributed by atoms with E-state index in [1.807, 2.05) is 45.0 Å². The third-order valence-corrected chi connectivity index (χ3v) is 4.77. The molecule has 0 fully saturated rings. The van der Waals surface area contributed by atoms with E-state index in [0.29, 0.717) is 17.9 Å². The van der Waals surface area contributed by atoms with Crippen LogP contribution in [0.3, 0.4) is 0 Å². The van der Waals surface area contributed by atoms with Crippen molar-refractivity contribution in [3.05, 3.63) is 59.9 Å². The quantitative estimate of drug-likeness (QED) is 0.600. The van der Waals surface area contributed by atoms with Gasteiger partial charge < -0.3 is 20.0 Å². The average molecular weight is 393 g/mol. The molecule has 3 rings (SSSR count). The predicted molar refractivity (Wildman–Crippen MR) is 116 cm³/mol. The maximum absolute atomic E-state index is 12.6. The first kappa shape index (κ1) is 20.5. The summed E-state index contributed by atoms with van der Waals surface area (Å²) in [6.07, 6.45) is 0.767. The Morgan fingerprint density at radius 1 is 1.00 bits per heavy atom. The fourth-order valence-corrected chi connectivity index (χ4v) is 3.06. The number of para-hydroxylation sites is 1. The van der Waals surface area contributed by atoms with Crippen molar-refractivity contribution in [2.75, 3.05) is 17.7 Å². The zero-order valence-corrected chi connectivity index (χ0v) is 17.3. The number of nitrogens with one attached hydrogen (secondary N) is 2. The van der Waals surface area contributed by atoms with Crippen LogP contribution in [-0.4, -0.2) is 23.9 Å². The molecule has 2 N–H and O–H groups in total. The van der Waals surface area contributed by atoms with Crippen molar-refractivity contribution in [1.82, 2.24) is 4.90 Å². The van der Waals surface area contributed by atoms with Gasteiger partial charge in [0.05, 0.1) is 6.54 Å². The number of benzene rings is 2. The third kappa shape index (κ3) is 4.77. The van der Waals surface area contributed by atoms with Gasteiger partial charge in [0.25, 0.3) is 0 Å². The van der Waals surface area contributed by atoms with E-state index in [1.165, 1.54) is 0 Å². The molecule has 0 bridgehead atoms. The van der Waals surface area contributed by atoms with Gasteiger partial charge in [0.1, 0.15) is 11.3 Å². The van der Waals surface area contributed by atoms with Gasteiger partial charge in [-0.2, -0.15) is 0 Å². The standard InChI is InChI=1S/C23H27N3O3/c1-5-20-19(18-8-6-7-9-21(18)29-20)14-26(4)23(28)25-17-12-10-16(11-13-17)24-22(27)15(2)3/h6-13,15H,5,14H2,1-4H3,(H,24,27)(H,25,28). The summed E-state index contributed by atoms with van der Waals surface area (Å²) in [5.41, 5.74) is 3.24. The van der Waals surface area contributed by atoms with Crippen LogP contribution in [0.5, 0.6) is 0 Å². The lowest BCUT2D eigenvalue weighted by Gasteiger charge is -2.18. The molecule has 0 atom stereocenters. The lowest BCUT2D eigenvalue weighted by molar-refractivity contribution is -0.118. The van der Waals surface area contributed by atoms with Gasteiger partial charge in [-0.15, -0.1) is 0 Å². The van der Waals surface area contributed by atoms with Gasteiger partial charge >= 0.3 is 6.03 Å². The zero-order valence-electron chi connectivity index (χ0n) is 17.3. The van der Waals surface area contributed by atoms with Crippen molar-refractivity contribution in [3.8, 4) is 0 Å². The lowest BCUT2D eigenvalue weighted by atomic mass is 10.1. The number of amides is 3. The highest BCUT2D eigenvalue weighted by molar-refractivity contribution is 5.93. The number of rotatable bonds is 6. The van der Waals surface area contributed by atoms with Gasteiger partial charge in [0.15, 0.2) is 0 Å². The largest absolute Gasteiger partial charge is 0.461 e. The molecule has 6 nitrogen and oxygen atoms in total. The Kier molecular flexibility index (Phi) is 6.22. The third-order valence-electron chi connectivity index (χ3n) is 4.77. The van der Waals surface area contributed by atoms with Crippen LogP contribution in [-0.2, 0) is 17.8 Å². The molecule has 3 aromatic rings. The van der Waals surface area contributed by atoms with Crippen LogP contribution in [0.25, 0.3) is 11.0 Å². The molecule has 0 aliphatic heterocycles. The highest BCUT2D eigenvalue weighted by atomic mass is 16.3. The summed E-state index contributed by atoms with van der Waals surface area (Å²) in [4.78, 5) is 26.0. The van der Waals surface area contributed by atoms with E-state index in [2.05, 4.69) is 10.6 Å². The van der Waals surface area contributed by atoms with Gasteiger partial charge in [-0.1, -0.05) is 39.0 Å². The molecule has 29 heavy (non-hydrogen) atoms. The maximum Gasteiger partial charge on any atom is 0.321 e. The number of aryl methyl sites for hydroxylation is 1. The first-order valence-electron chi connectivity index (χ1n) is 9.81. The summed E-state index contributed by atoms with van der Waals surface area (Å²) in [6.45, 7) is 6.18. The second-order valence-corrected chi connectivity index (χ2v) is 7.36. The molecular weight excluding hydrogens is 366 g/mol. The Morgan fingerprint density at radius 2 is 1.62 bits per heavy atom. The van der Waals surface area contributed by atoms with Crippen molar-refractivity contribution >= 4 is 34.3 Å². The van der Waals surface area contributed by atoms with Gasteiger partial charge in [-0.25, -0.2) is 4.79 Å². The van der Waals surface area contributed by atoms with E-state index >= 15 is 0 Å². The Bertz CT molecular complexity index is 1010. The number of hydrogen-bond donors (Lipinski definition) is 2. The molecule has 1 aromatic heterocycles. The van der Waals surface area contributed by atoms with E-state index in [9.17, 15) is 9.59 Å². The number of fused-ring (bicyclic) bond motifs is 1. The molecule has 0 unspecified atom stereocenters. The fraction of sp³-hybridized carbons (Fsp3) is 0.304. The van der Waals surface area contributed by atoms with E-state index in [-0.39, 0.29) is 17.9 Å². The molecule has 2 aromatic carbocycles. The molecule has 6 heteroatoms. The smallest absolute Gasteiger partial charge is 0.321 e. The molecule has 152 valence electrons. The van der Waals surface area contributed by atoms with Gasteiger partial charge in [0.2, 0.25) is 5.91 Å². The molecular formula is C23H27N3O3. The molecule has 0 aliphatic rings. The predicted octanol–water partition coefficient (Wildman–Crippen LogP) is 5.25. The summed E-state index contributed by atoms with van der Waals surface area (Å²) in [6, 6.07) is 14.7. The molecule has 0 radical (unpaired) electrons. The zero-order chi connectivity index (χ0) is 21.0. The van der Waals surface area contributed by atoms with Crippen LogP contribution in [0.1, 0.15) is 32.1 Å². The second-order valence-electron chi connectivity index (χ2n) is 7.36. The number of urea groups is 1. The number of nitrogens with zero attached hydrogens (tertiary/aromatic N) is 1. The molecule has 0 aliphatic carbocycles. The minimum Gasteiger partial charge on any atom is -0.461 e. The highest BCUT2D eigenvalue weighted by Gasteiger charge is 2.17. The van der Waals surface area contributed by atoms with Crippen LogP contribution >= 0.6 is 0 Å². The first-order chi connectivity index (χ1) is 13.9. The maximum atomic E-state index is 12.6. The average Bonchev–Trinajstić information content (AvgIpc) is 3.07. The molecule has 1 heterocycles.